The summed E-state index contributed by atoms with van der Waals surface area (Å²) in [5.74, 6) is -0.171. The quantitative estimate of drug-likeness (QED) is 0.162. The Bertz CT molecular complexity index is 4260. The van der Waals surface area contributed by atoms with Crippen LogP contribution in [-0.4, -0.2) is 9.97 Å². The van der Waals surface area contributed by atoms with Crippen molar-refractivity contribution in [2.45, 2.75) is 0 Å². The number of hydrogen-bond acceptors (Lipinski definition) is 5. The molecule has 3 aromatic heterocycles. The summed E-state index contributed by atoms with van der Waals surface area (Å²) in [5, 5.41) is 0.00522. The van der Waals surface area contributed by atoms with E-state index in [2.05, 4.69) is 0 Å². The lowest BCUT2D eigenvalue weighted by atomic mass is 9.96. The molecule has 11 rings (SSSR count). The van der Waals surface area contributed by atoms with Crippen molar-refractivity contribution in [3.8, 4) is 44.9 Å². The van der Waals surface area contributed by atoms with Crippen molar-refractivity contribution in [1.82, 2.24) is 9.97 Å². The van der Waals surface area contributed by atoms with Crippen LogP contribution in [-0.2, 0) is 0 Å². The average molecular weight is 768 g/mol. The Morgan fingerprint density at radius 2 is 1.11 bits per heavy atom. The van der Waals surface area contributed by atoms with E-state index in [1.54, 1.807) is 0 Å². The van der Waals surface area contributed by atoms with Gasteiger partial charge < -0.3 is 9.32 Å². The lowest BCUT2D eigenvalue weighted by molar-refractivity contribution is 0.669. The Kier molecular flexibility index (Phi) is 4.47. The van der Waals surface area contributed by atoms with Crippen molar-refractivity contribution < 1.29 is 31.8 Å². The first-order valence-corrected chi connectivity index (χ1v) is 18.3. The highest BCUT2D eigenvalue weighted by atomic mass is 32.1. The monoisotopic (exact) mass is 767 g/mol. The normalized spacial score (nSPS) is 16.4. The van der Waals surface area contributed by atoms with Crippen LogP contribution in [0.2, 0.25) is 0 Å². The minimum Gasteiger partial charge on any atom is -0.455 e. The minimum atomic E-state index is -1.08. The summed E-state index contributed by atoms with van der Waals surface area (Å²) in [5.41, 5.74) is -1.74. The van der Waals surface area contributed by atoms with Gasteiger partial charge in [0.05, 0.1) is 48.9 Å². The fourth-order valence-corrected chi connectivity index (χ4v) is 7.92. The number of benzene rings is 8. The van der Waals surface area contributed by atoms with Gasteiger partial charge in [-0.25, -0.2) is 9.97 Å². The zero-order valence-electron chi connectivity index (χ0n) is 49.2. The molecule has 0 saturated heterocycles. The number of nitrogens with zero attached hydrogens (tertiary/aromatic N) is 3. The molecule has 57 heavy (non-hydrogen) atoms. The first kappa shape index (κ1) is 18.5. The highest BCUT2D eigenvalue weighted by Gasteiger charge is 2.22. The number of para-hydroxylation sites is 3. The number of thiophene rings is 1. The Morgan fingerprint density at radius 3 is 1.86 bits per heavy atom. The van der Waals surface area contributed by atoms with Crippen LogP contribution in [0.25, 0.3) is 87.1 Å². The minimum absolute atomic E-state index is 0.171. The van der Waals surface area contributed by atoms with E-state index in [0.29, 0.717) is 26.4 Å². The van der Waals surface area contributed by atoms with Crippen LogP contribution in [0.15, 0.2) is 204 Å². The maximum absolute atomic E-state index is 9.82. The predicted octanol–water partition coefficient (Wildman–Crippen LogP) is 14.9. The molecular weight excluding hydrogens is 715 g/mol. The first-order chi connectivity index (χ1) is 36.6. The third kappa shape index (κ3) is 5.76. The molecule has 4 nitrogen and oxygen atoms in total. The number of fused-ring (bicyclic) bond motifs is 6. The lowest BCUT2D eigenvalue weighted by Gasteiger charge is -2.25. The predicted molar refractivity (Wildman–Crippen MR) is 239 cm³/mol. The molecule has 0 aliphatic heterocycles. The topological polar surface area (TPSA) is 42.2 Å². The van der Waals surface area contributed by atoms with Gasteiger partial charge in [-0.1, -0.05) is 145 Å². The van der Waals surface area contributed by atoms with Crippen molar-refractivity contribution >= 4 is 70.6 Å². The summed E-state index contributed by atoms with van der Waals surface area (Å²) in [6.45, 7) is 0. The maximum Gasteiger partial charge on any atom is 0.164 e. The maximum atomic E-state index is 9.82. The lowest BCUT2D eigenvalue weighted by Crippen LogP contribution is -2.09. The van der Waals surface area contributed by atoms with Crippen molar-refractivity contribution in [3.63, 3.8) is 0 Å². The van der Waals surface area contributed by atoms with Crippen molar-refractivity contribution in [2.75, 3.05) is 4.90 Å². The molecular formula is C52H33N3OS. The van der Waals surface area contributed by atoms with Crippen LogP contribution in [0.3, 0.4) is 0 Å². The summed E-state index contributed by atoms with van der Waals surface area (Å²) in [6, 6.07) is 6.68. The van der Waals surface area contributed by atoms with Crippen LogP contribution in [0.4, 0.5) is 17.1 Å². The third-order valence-corrected chi connectivity index (χ3v) is 10.5. The van der Waals surface area contributed by atoms with Crippen LogP contribution in [0.1, 0.15) is 27.4 Å². The zero-order valence-corrected chi connectivity index (χ0v) is 30.0. The second-order valence-electron chi connectivity index (χ2n) is 12.6. The first-order valence-electron chi connectivity index (χ1n) is 27.4. The van der Waals surface area contributed by atoms with Gasteiger partial charge in [0.25, 0.3) is 0 Å². The third-order valence-electron chi connectivity index (χ3n) is 9.34. The Labute approximate surface area is 361 Å². The molecule has 0 radical (unpaired) electrons. The number of furan rings is 1. The van der Waals surface area contributed by atoms with Gasteiger partial charge in [-0.15, -0.1) is 11.3 Å². The summed E-state index contributed by atoms with van der Waals surface area (Å²) in [6.07, 6.45) is 0. The SMILES string of the molecule is [2H]c1c([2H])c([2H])c(N(c2c([2H])c([2H])c([2H])c([2H])c2[2H])c2c([2H])c([2H])c(-c3c([2H])c([2H])c(-c4nc(-c5ccc(-c6ccccc6)cc5)c5sc6ccccc6c5n4)c4oc5c([2H])c([2H])c([2H])c([2H])c5c34)c([2H])c2[2H])c([2H])c1[2H]. The van der Waals surface area contributed by atoms with Gasteiger partial charge >= 0.3 is 0 Å². The molecule has 0 saturated carbocycles. The van der Waals surface area contributed by atoms with E-state index in [0.717, 1.165) is 21.2 Å². The number of hydrogen-bond donors (Lipinski definition) is 0. The molecule has 0 aliphatic carbocycles. The van der Waals surface area contributed by atoms with Crippen molar-refractivity contribution in [3.05, 3.63) is 200 Å². The van der Waals surface area contributed by atoms with E-state index in [4.69, 9.17) is 32.2 Å². The molecule has 0 aliphatic rings. The van der Waals surface area contributed by atoms with Crippen LogP contribution in [0, 0.1) is 0 Å². The fraction of sp³-hybridized carbons (Fsp3) is 0. The highest BCUT2D eigenvalue weighted by Crippen LogP contribution is 2.45. The molecule has 0 spiro atoms. The summed E-state index contributed by atoms with van der Waals surface area (Å²) >= 11 is 1.42. The molecule has 268 valence electrons. The van der Waals surface area contributed by atoms with Gasteiger partial charge in [0, 0.05) is 43.5 Å². The smallest absolute Gasteiger partial charge is 0.164 e. The Morgan fingerprint density at radius 1 is 0.491 bits per heavy atom. The number of anilines is 3. The van der Waals surface area contributed by atoms with E-state index in [-0.39, 0.29) is 27.7 Å². The van der Waals surface area contributed by atoms with E-state index in [9.17, 15) is 9.60 Å². The highest BCUT2D eigenvalue weighted by molar-refractivity contribution is 7.26. The van der Waals surface area contributed by atoms with Crippen LogP contribution >= 0.6 is 11.3 Å². The van der Waals surface area contributed by atoms with Crippen molar-refractivity contribution in [2.24, 2.45) is 0 Å². The molecule has 0 unspecified atom stereocenters. The van der Waals surface area contributed by atoms with Crippen LogP contribution in [0.5, 0.6) is 0 Å². The van der Waals surface area contributed by atoms with Gasteiger partial charge in [0.2, 0.25) is 0 Å². The van der Waals surface area contributed by atoms with E-state index >= 15 is 0 Å². The molecule has 0 fully saturated rings. The summed E-state index contributed by atoms with van der Waals surface area (Å²) in [7, 11) is 0. The Balaban J connectivity index is 1.24. The summed E-state index contributed by atoms with van der Waals surface area (Å²) < 4.78 is 188. The van der Waals surface area contributed by atoms with Gasteiger partial charge in [-0.3, -0.25) is 0 Å². The van der Waals surface area contributed by atoms with Gasteiger partial charge in [0.15, 0.2) is 5.82 Å². The van der Waals surface area contributed by atoms with Crippen molar-refractivity contribution in [1.29, 1.82) is 0 Å². The van der Waals surface area contributed by atoms with Gasteiger partial charge in [-0.05, 0) is 76.7 Å². The number of aromatic nitrogens is 2. The van der Waals surface area contributed by atoms with Crippen LogP contribution < -0.4 is 4.90 Å². The standard InChI is InChI=1S/C52H33N3OS/c1-4-14-34(15-5-1)35-24-26-37(27-25-35)48-51-49(43-21-11-13-23-46(43)57-51)54-52(53-48)44-33-32-41(47-42-20-10-12-22-45(42)56-50(44)47)36-28-30-40(31-29-36)55(38-16-6-2-7-17-38)39-18-8-3-9-19-39/h1-33H/i2D,3D,6D,7D,8D,9D,10D,12D,16D,17D,18D,19D,20D,22D,28D,29D,30D,31D,32D,33D. The average Bonchev–Trinajstić information content (AvgIpc) is 4.25. The second kappa shape index (κ2) is 13.7. The number of rotatable bonds is 7. The molecule has 0 amide bonds. The molecule has 8 aromatic carbocycles. The molecule has 11 aromatic rings. The molecule has 0 N–H and O–H groups in total. The van der Waals surface area contributed by atoms with Gasteiger partial charge in [0.1, 0.15) is 11.2 Å². The second-order valence-corrected chi connectivity index (χ2v) is 13.7. The van der Waals surface area contributed by atoms with E-state index in [1.165, 1.54) is 11.3 Å². The zero-order chi connectivity index (χ0) is 55.1. The van der Waals surface area contributed by atoms with Gasteiger partial charge in [-0.2, -0.15) is 0 Å². The molecule has 5 heteroatoms. The molecule has 0 bridgehead atoms. The largest absolute Gasteiger partial charge is 0.455 e. The molecule has 3 heterocycles. The fourth-order valence-electron chi connectivity index (χ4n) is 6.76. The Hall–Kier alpha value is -7.34. The molecule has 0 atom stereocenters. The summed E-state index contributed by atoms with van der Waals surface area (Å²) in [4.78, 5) is 10.5. The van der Waals surface area contributed by atoms with E-state index < -0.39 is 155 Å². The van der Waals surface area contributed by atoms with E-state index in [1.807, 2.05) is 78.9 Å².